The summed E-state index contributed by atoms with van der Waals surface area (Å²) in [5.74, 6) is 0. The van der Waals surface area contributed by atoms with Crippen molar-refractivity contribution in [1.29, 1.82) is 0 Å². The number of rotatable bonds is 0. The zero-order chi connectivity index (χ0) is 11.4. The van der Waals surface area contributed by atoms with E-state index in [2.05, 4.69) is 29.6 Å². The van der Waals surface area contributed by atoms with E-state index in [1.165, 1.54) is 24.1 Å². The van der Waals surface area contributed by atoms with Crippen LogP contribution in [0.2, 0.25) is 0 Å². The monoisotopic (exact) mass is 219 g/mol. The zero-order valence-corrected chi connectivity index (χ0v) is 10.3. The molecular formula is C14H21NO. The number of anilines is 1. The van der Waals surface area contributed by atoms with E-state index >= 15 is 0 Å². The van der Waals surface area contributed by atoms with Crippen molar-refractivity contribution < 1.29 is 4.74 Å². The molecule has 1 fully saturated rings. The summed E-state index contributed by atoms with van der Waals surface area (Å²) in [5, 5.41) is 3.44. The second kappa shape index (κ2) is 4.88. The van der Waals surface area contributed by atoms with E-state index in [9.17, 15) is 0 Å². The summed E-state index contributed by atoms with van der Waals surface area (Å²) in [4.78, 5) is 0. The first-order valence-electron chi connectivity index (χ1n) is 6.38. The molecule has 0 bridgehead atoms. The van der Waals surface area contributed by atoms with Gasteiger partial charge in [0.2, 0.25) is 0 Å². The third-order valence-electron chi connectivity index (χ3n) is 3.34. The highest BCUT2D eigenvalue weighted by Gasteiger charge is 2.40. The van der Waals surface area contributed by atoms with Crippen molar-refractivity contribution in [2.75, 3.05) is 18.5 Å². The number of fused-ring (bicyclic) bond motifs is 2. The van der Waals surface area contributed by atoms with E-state index in [4.69, 9.17) is 4.74 Å². The Hall–Kier alpha value is -1.02. The van der Waals surface area contributed by atoms with Crippen LogP contribution in [0.25, 0.3) is 0 Å². The van der Waals surface area contributed by atoms with E-state index < -0.39 is 0 Å². The van der Waals surface area contributed by atoms with Gasteiger partial charge in [-0.3, -0.25) is 0 Å². The summed E-state index contributed by atoms with van der Waals surface area (Å²) in [6, 6.07) is 8.52. The Balaban J connectivity index is 0.000000457. The van der Waals surface area contributed by atoms with Gasteiger partial charge in [-0.2, -0.15) is 0 Å². The zero-order valence-electron chi connectivity index (χ0n) is 10.3. The Bertz CT molecular complexity index is 337. The molecule has 2 heterocycles. The average molecular weight is 219 g/mol. The number of hydrogen-bond acceptors (Lipinski definition) is 2. The van der Waals surface area contributed by atoms with Gasteiger partial charge in [-0.15, -0.1) is 0 Å². The molecule has 2 nitrogen and oxygen atoms in total. The SMILES string of the molecule is CC.c1ccc2c(c1)NCC21CCCCO1. The molecule has 0 aromatic heterocycles. The van der Waals surface area contributed by atoms with Crippen LogP contribution in [0.15, 0.2) is 24.3 Å². The molecule has 88 valence electrons. The van der Waals surface area contributed by atoms with Crippen molar-refractivity contribution in [2.45, 2.75) is 38.7 Å². The summed E-state index contributed by atoms with van der Waals surface area (Å²) in [6.45, 7) is 5.86. The predicted molar refractivity (Wildman–Crippen MR) is 67.8 cm³/mol. The fraction of sp³-hybridized carbons (Fsp3) is 0.571. The summed E-state index contributed by atoms with van der Waals surface area (Å²) in [7, 11) is 0. The number of benzene rings is 1. The van der Waals surface area contributed by atoms with Crippen LogP contribution in [0, 0.1) is 0 Å². The van der Waals surface area contributed by atoms with Gasteiger partial charge < -0.3 is 10.1 Å². The standard InChI is InChI=1S/C12H15NO.C2H6/c1-2-6-11-10(5-1)12(9-13-11)7-3-4-8-14-12;1-2/h1-2,5-6,13H,3-4,7-9H2;1-2H3. The average Bonchev–Trinajstić information content (AvgIpc) is 2.73. The van der Waals surface area contributed by atoms with E-state index in [-0.39, 0.29) is 5.60 Å². The van der Waals surface area contributed by atoms with Gasteiger partial charge in [0.15, 0.2) is 0 Å². The van der Waals surface area contributed by atoms with Crippen LogP contribution in [0.4, 0.5) is 5.69 Å². The largest absolute Gasteiger partial charge is 0.381 e. The van der Waals surface area contributed by atoms with E-state index in [0.717, 1.165) is 19.6 Å². The summed E-state index contributed by atoms with van der Waals surface area (Å²) in [5.41, 5.74) is 2.61. The number of nitrogens with one attached hydrogen (secondary N) is 1. The molecule has 16 heavy (non-hydrogen) atoms. The first-order chi connectivity index (χ1) is 7.91. The quantitative estimate of drug-likeness (QED) is 0.720. The minimum atomic E-state index is -0.00512. The van der Waals surface area contributed by atoms with Crippen LogP contribution in [-0.2, 0) is 10.3 Å². The molecule has 2 aliphatic heterocycles. The van der Waals surface area contributed by atoms with Crippen molar-refractivity contribution >= 4 is 5.69 Å². The Kier molecular flexibility index (Phi) is 3.49. The Morgan fingerprint density at radius 1 is 1.19 bits per heavy atom. The lowest BCUT2D eigenvalue weighted by atomic mass is 9.88. The molecule has 1 spiro atoms. The molecule has 1 aromatic rings. The minimum absolute atomic E-state index is 0.00512. The van der Waals surface area contributed by atoms with Gasteiger partial charge in [-0.25, -0.2) is 0 Å². The van der Waals surface area contributed by atoms with Gasteiger partial charge in [0.05, 0.1) is 0 Å². The van der Waals surface area contributed by atoms with Gasteiger partial charge in [0.1, 0.15) is 5.60 Å². The predicted octanol–water partition coefficient (Wildman–Crippen LogP) is 3.53. The van der Waals surface area contributed by atoms with Crippen LogP contribution in [0.3, 0.4) is 0 Å². The third kappa shape index (κ3) is 1.82. The van der Waals surface area contributed by atoms with Crippen molar-refractivity contribution in [2.24, 2.45) is 0 Å². The Labute approximate surface area is 98.0 Å². The smallest absolute Gasteiger partial charge is 0.112 e. The third-order valence-corrected chi connectivity index (χ3v) is 3.34. The molecule has 1 N–H and O–H groups in total. The first-order valence-corrected chi connectivity index (χ1v) is 6.38. The molecule has 0 saturated carbocycles. The molecule has 3 rings (SSSR count). The van der Waals surface area contributed by atoms with Gasteiger partial charge in [-0.05, 0) is 25.3 Å². The van der Waals surface area contributed by atoms with Gasteiger partial charge in [0, 0.05) is 24.4 Å². The molecule has 1 saturated heterocycles. The molecule has 1 atom stereocenters. The highest BCUT2D eigenvalue weighted by atomic mass is 16.5. The highest BCUT2D eigenvalue weighted by molar-refractivity contribution is 5.59. The van der Waals surface area contributed by atoms with E-state index in [1.54, 1.807) is 0 Å². The maximum atomic E-state index is 5.99. The second-order valence-corrected chi connectivity index (χ2v) is 4.20. The lowest BCUT2D eigenvalue weighted by Gasteiger charge is -2.33. The molecule has 1 unspecified atom stereocenters. The van der Waals surface area contributed by atoms with Crippen LogP contribution in [0.5, 0.6) is 0 Å². The van der Waals surface area contributed by atoms with Crippen molar-refractivity contribution in [3.05, 3.63) is 29.8 Å². The summed E-state index contributed by atoms with van der Waals surface area (Å²) >= 11 is 0. The van der Waals surface area contributed by atoms with Gasteiger partial charge in [-0.1, -0.05) is 32.0 Å². The Morgan fingerprint density at radius 3 is 2.75 bits per heavy atom. The van der Waals surface area contributed by atoms with E-state index in [0.29, 0.717) is 0 Å². The van der Waals surface area contributed by atoms with Gasteiger partial charge in [0.25, 0.3) is 0 Å². The number of hydrogen-bond donors (Lipinski definition) is 1. The molecule has 0 amide bonds. The normalized spacial score (nSPS) is 26.6. The molecule has 1 aromatic carbocycles. The fourth-order valence-electron chi connectivity index (χ4n) is 2.57. The van der Waals surface area contributed by atoms with Gasteiger partial charge >= 0.3 is 0 Å². The molecule has 0 radical (unpaired) electrons. The van der Waals surface area contributed by atoms with Crippen LogP contribution < -0.4 is 5.32 Å². The minimum Gasteiger partial charge on any atom is -0.381 e. The topological polar surface area (TPSA) is 21.3 Å². The van der Waals surface area contributed by atoms with Crippen molar-refractivity contribution in [3.8, 4) is 0 Å². The second-order valence-electron chi connectivity index (χ2n) is 4.20. The number of ether oxygens (including phenoxy) is 1. The fourth-order valence-corrected chi connectivity index (χ4v) is 2.57. The van der Waals surface area contributed by atoms with Crippen molar-refractivity contribution in [3.63, 3.8) is 0 Å². The van der Waals surface area contributed by atoms with Crippen LogP contribution in [0.1, 0.15) is 38.7 Å². The van der Waals surface area contributed by atoms with Crippen LogP contribution in [-0.4, -0.2) is 13.2 Å². The van der Waals surface area contributed by atoms with Crippen LogP contribution >= 0.6 is 0 Å². The first kappa shape index (κ1) is 11.5. The maximum absolute atomic E-state index is 5.99. The maximum Gasteiger partial charge on any atom is 0.112 e. The molecular weight excluding hydrogens is 198 g/mol. The van der Waals surface area contributed by atoms with E-state index in [1.807, 2.05) is 13.8 Å². The number of para-hydroxylation sites is 1. The van der Waals surface area contributed by atoms with Crippen molar-refractivity contribution in [1.82, 2.24) is 0 Å². The Morgan fingerprint density at radius 2 is 2.00 bits per heavy atom. The molecule has 2 aliphatic rings. The summed E-state index contributed by atoms with van der Waals surface area (Å²) in [6.07, 6.45) is 3.66. The lowest BCUT2D eigenvalue weighted by molar-refractivity contribution is -0.0692. The lowest BCUT2D eigenvalue weighted by Crippen LogP contribution is -2.35. The highest BCUT2D eigenvalue weighted by Crippen LogP contribution is 2.43. The molecule has 2 heteroatoms. The summed E-state index contributed by atoms with van der Waals surface area (Å²) < 4.78 is 5.99. The molecule has 0 aliphatic carbocycles.